The second-order valence-corrected chi connectivity index (χ2v) is 25.2. The quantitative estimate of drug-likeness (QED) is 0.0256. The number of piperidine rings is 1. The van der Waals surface area contributed by atoms with E-state index in [0.717, 1.165) is 57.1 Å². The minimum atomic E-state index is -0.912. The van der Waals surface area contributed by atoms with Crippen LogP contribution in [0.3, 0.4) is 0 Å². The molecule has 5 rings (SSSR count). The van der Waals surface area contributed by atoms with Crippen molar-refractivity contribution in [2.24, 2.45) is 29.4 Å². The number of amides is 7. The zero-order valence-electron chi connectivity index (χ0n) is 52.1. The van der Waals surface area contributed by atoms with Crippen molar-refractivity contribution in [3.8, 4) is 0 Å². The largest absolute Gasteiger partial charge is 0.462 e. The van der Waals surface area contributed by atoms with E-state index in [1.54, 1.807) is 29.3 Å². The Balaban J connectivity index is 1.30. The number of nitrogens with one attached hydrogen (secondary N) is 4. The molecule has 6 N–H and O–H groups in total. The number of imide groups is 1. The summed E-state index contributed by atoms with van der Waals surface area (Å²) in [6.07, 6.45) is 15.1. The van der Waals surface area contributed by atoms with E-state index in [1.165, 1.54) is 41.7 Å². The summed E-state index contributed by atoms with van der Waals surface area (Å²) in [6, 6.07) is 4.21. The first-order valence-corrected chi connectivity index (χ1v) is 32.4. The molecule has 9 atom stereocenters. The van der Waals surface area contributed by atoms with Crippen molar-refractivity contribution in [2.45, 2.75) is 226 Å². The lowest BCUT2D eigenvalue weighted by atomic mass is 9.90. The number of likely N-dealkylation sites (N-methyl/N-ethyl adjacent to an activating group) is 2. The Morgan fingerprint density at radius 1 is 0.847 bits per heavy atom. The van der Waals surface area contributed by atoms with Crippen molar-refractivity contribution in [1.82, 2.24) is 35.6 Å². The van der Waals surface area contributed by atoms with Crippen molar-refractivity contribution in [1.29, 1.82) is 0 Å². The van der Waals surface area contributed by atoms with E-state index in [4.69, 9.17) is 20.2 Å². The van der Waals surface area contributed by atoms with Gasteiger partial charge in [-0.05, 0) is 146 Å². The summed E-state index contributed by atoms with van der Waals surface area (Å²) in [6.45, 7) is 17.0. The minimum absolute atomic E-state index is 0.0924. The van der Waals surface area contributed by atoms with E-state index in [0.29, 0.717) is 87.5 Å². The molecule has 1 aromatic carbocycles. The maximum absolute atomic E-state index is 14.8. The van der Waals surface area contributed by atoms with Gasteiger partial charge in [0.15, 0.2) is 6.10 Å². The number of esters is 2. The smallest absolute Gasteiger partial charge is 0.308 e. The Kier molecular flexibility index (Phi) is 29.1. The monoisotopic (exact) mass is 1200 g/mol. The first-order valence-electron chi connectivity index (χ1n) is 31.5. The molecule has 20 nitrogen and oxygen atoms in total. The zero-order chi connectivity index (χ0) is 62.2. The number of likely N-dealkylation sites (tertiary alicyclic amines) is 1. The summed E-state index contributed by atoms with van der Waals surface area (Å²) in [5.74, 6) is -3.55. The number of aromatic nitrogens is 1. The molecule has 21 heteroatoms. The minimum Gasteiger partial charge on any atom is -0.462 e. The number of anilines is 1. The van der Waals surface area contributed by atoms with Gasteiger partial charge in [0.2, 0.25) is 23.6 Å². The molecule has 1 aliphatic carbocycles. The Hall–Kier alpha value is -6.06. The molecule has 85 heavy (non-hydrogen) atoms. The highest BCUT2D eigenvalue weighted by Gasteiger charge is 2.39. The summed E-state index contributed by atoms with van der Waals surface area (Å²) in [7, 11) is 1.95. The van der Waals surface area contributed by atoms with Gasteiger partial charge in [-0.2, -0.15) is 0 Å². The van der Waals surface area contributed by atoms with Gasteiger partial charge in [0, 0.05) is 68.2 Å². The van der Waals surface area contributed by atoms with Crippen LogP contribution in [-0.4, -0.2) is 143 Å². The number of nitrogens with two attached hydrogens (primary N) is 1. The molecular formula is C64H99N9O11S. The first kappa shape index (κ1) is 69.7. The number of ether oxygens (including phenoxy) is 2. The molecule has 2 aliphatic heterocycles. The van der Waals surface area contributed by atoms with Crippen molar-refractivity contribution in [3.63, 3.8) is 0 Å². The summed E-state index contributed by atoms with van der Waals surface area (Å²) < 4.78 is 12.1. The fourth-order valence-corrected chi connectivity index (χ4v) is 12.4. The number of rotatable bonds is 33. The molecular weight excluding hydrogens is 1100 g/mol. The van der Waals surface area contributed by atoms with Crippen LogP contribution < -0.4 is 27.0 Å². The third kappa shape index (κ3) is 22.3. The van der Waals surface area contributed by atoms with Gasteiger partial charge in [-0.3, -0.25) is 53.0 Å². The van der Waals surface area contributed by atoms with Gasteiger partial charge in [-0.1, -0.05) is 85.8 Å². The molecule has 0 bridgehead atoms. The average molecular weight is 1200 g/mol. The van der Waals surface area contributed by atoms with E-state index in [1.807, 2.05) is 53.8 Å². The number of nitrogens with zero attached hydrogens (tertiary/aromatic N) is 4. The van der Waals surface area contributed by atoms with Crippen LogP contribution in [0.1, 0.15) is 205 Å². The maximum atomic E-state index is 14.8. The van der Waals surface area contributed by atoms with Crippen LogP contribution in [0, 0.1) is 23.7 Å². The highest BCUT2D eigenvalue weighted by Crippen LogP contribution is 2.32. The highest BCUT2D eigenvalue weighted by atomic mass is 32.1. The normalized spacial score (nSPS) is 19.4. The molecule has 2 aromatic rings. The summed E-state index contributed by atoms with van der Waals surface area (Å²) in [5.41, 5.74) is 7.15. The Morgan fingerprint density at radius 2 is 1.53 bits per heavy atom. The second-order valence-electron chi connectivity index (χ2n) is 24.3. The van der Waals surface area contributed by atoms with Crippen molar-refractivity contribution < 1.29 is 52.6 Å². The predicted octanol–water partition coefficient (Wildman–Crippen LogP) is 8.33. The molecule has 3 heterocycles. The molecule has 0 unspecified atom stereocenters. The van der Waals surface area contributed by atoms with Crippen molar-refractivity contribution in [3.05, 3.63) is 58.1 Å². The topological polar surface area (TPSA) is 269 Å². The lowest BCUT2D eigenvalue weighted by Crippen LogP contribution is -2.59. The number of carbonyl (C=O) groups is 9. The standard InChI is InChI=1S/C64H99N9O11S/c1-10-43(6)58(70-61(80)53-36-42(5)32-35-71(53)9)63(81)72(11-2)52(41(3)4)39-54(83-45(8)74)62-69-51(40-85-62)60(79)67-48(37-44(7)64(82)84-49-22-16-13-12-14-17-23-49)38-46-26-28-47(29-27-46)66-59(78)50(24-19-20-33-65)68-55(75)25-18-15-21-34-73-56(76)30-31-57(73)77/h26-31,40-44,48-50,52-54,58H,10-25,32-39,65H2,1-9H3,(H,66,78)(H,67,79)(H,68,75)(H,70,80)/t42-,43+,44+,48-,50+,52-,53-,54-,58+/m1/s1. The van der Waals surface area contributed by atoms with Crippen LogP contribution in [0.5, 0.6) is 0 Å². The summed E-state index contributed by atoms with van der Waals surface area (Å²) in [5, 5.41) is 14.1. The van der Waals surface area contributed by atoms with Crippen molar-refractivity contribution >= 4 is 70.3 Å². The lowest BCUT2D eigenvalue weighted by molar-refractivity contribution is -0.155. The van der Waals surface area contributed by atoms with E-state index in [-0.39, 0.29) is 96.9 Å². The number of benzene rings is 1. The molecule has 1 aromatic heterocycles. The van der Waals surface area contributed by atoms with Crippen LogP contribution >= 0.6 is 11.3 Å². The van der Waals surface area contributed by atoms with Gasteiger partial charge in [0.1, 0.15) is 28.9 Å². The van der Waals surface area contributed by atoms with E-state index < -0.39 is 48.1 Å². The van der Waals surface area contributed by atoms with Gasteiger partial charge >= 0.3 is 11.9 Å². The van der Waals surface area contributed by atoms with Crippen LogP contribution in [-0.2, 0) is 54.3 Å². The van der Waals surface area contributed by atoms with Crippen LogP contribution in [0.15, 0.2) is 41.8 Å². The summed E-state index contributed by atoms with van der Waals surface area (Å²) in [4.78, 5) is 130. The van der Waals surface area contributed by atoms with E-state index in [9.17, 15) is 43.2 Å². The fraction of sp³-hybridized carbons (Fsp3) is 0.688. The van der Waals surface area contributed by atoms with Crippen molar-refractivity contribution in [2.75, 3.05) is 38.5 Å². The highest BCUT2D eigenvalue weighted by molar-refractivity contribution is 7.09. The Labute approximate surface area is 508 Å². The number of hydrogen-bond donors (Lipinski definition) is 5. The average Bonchev–Trinajstić information content (AvgIpc) is 4.24. The van der Waals surface area contributed by atoms with E-state index in [2.05, 4.69) is 33.1 Å². The second kappa shape index (κ2) is 35.5. The maximum Gasteiger partial charge on any atom is 0.308 e. The van der Waals surface area contributed by atoms with Gasteiger partial charge < -0.3 is 41.4 Å². The number of thiazole rings is 1. The van der Waals surface area contributed by atoms with Gasteiger partial charge in [0.05, 0.1) is 12.0 Å². The van der Waals surface area contributed by atoms with Gasteiger partial charge in [-0.25, -0.2) is 4.98 Å². The van der Waals surface area contributed by atoms with Gasteiger partial charge in [0.25, 0.3) is 17.7 Å². The first-order chi connectivity index (χ1) is 40.6. The van der Waals surface area contributed by atoms with Crippen LogP contribution in [0.25, 0.3) is 0 Å². The molecule has 7 amide bonds. The summed E-state index contributed by atoms with van der Waals surface area (Å²) >= 11 is 1.17. The Bertz CT molecular complexity index is 2530. The molecule has 3 aliphatic rings. The van der Waals surface area contributed by atoms with Crippen LogP contribution in [0.2, 0.25) is 0 Å². The molecule has 2 fully saturated rings. The zero-order valence-corrected chi connectivity index (χ0v) is 52.9. The SMILES string of the molecule is CC[C@H](C)[C@H](NC(=O)[C@H]1C[C@H](C)CCN1C)C(=O)N(CC)[C@H](C[C@@H](OC(C)=O)c1nc(C(=O)N[C@@H](Cc2ccc(NC(=O)[C@H](CCCCN)NC(=O)CCCCCN3C(=O)C=CC3=O)cc2)C[C@H](C)C(=O)OC2CCCCCCC2)cs1)C(C)C. The number of carbonyl (C=O) groups excluding carboxylic acids is 9. The van der Waals surface area contributed by atoms with E-state index >= 15 is 0 Å². The molecule has 0 spiro atoms. The molecule has 1 saturated carbocycles. The predicted molar refractivity (Wildman–Crippen MR) is 329 cm³/mol. The Morgan fingerprint density at radius 3 is 2.16 bits per heavy atom. The number of unbranched alkanes of at least 4 members (excludes halogenated alkanes) is 3. The molecule has 472 valence electrons. The number of hydrogen-bond acceptors (Lipinski definition) is 15. The molecule has 0 radical (unpaired) electrons. The molecule has 1 saturated heterocycles. The van der Waals surface area contributed by atoms with Gasteiger partial charge in [-0.15, -0.1) is 11.3 Å². The lowest BCUT2D eigenvalue weighted by Gasteiger charge is -2.40. The third-order valence-electron chi connectivity index (χ3n) is 17.0. The fourth-order valence-electron chi connectivity index (χ4n) is 11.6. The third-order valence-corrected chi connectivity index (χ3v) is 17.9. The van der Waals surface area contributed by atoms with Crippen LogP contribution in [0.4, 0.5) is 5.69 Å².